The molecular formula is C59H82N4O6. The number of fused-ring (bicyclic) bond motifs is 5. The number of carbonyl (C=O) groups excluding carboxylic acids is 4. The highest BCUT2D eigenvalue weighted by Gasteiger charge is 2.59. The largest absolute Gasteiger partial charge is 0.392 e. The van der Waals surface area contributed by atoms with E-state index < -0.39 is 29.8 Å². The van der Waals surface area contributed by atoms with Crippen molar-refractivity contribution in [1.29, 1.82) is 0 Å². The molecule has 3 saturated carbocycles. The molecule has 10 heteroatoms. The van der Waals surface area contributed by atoms with Crippen molar-refractivity contribution in [3.63, 3.8) is 0 Å². The number of carbonyl (C=O) groups is 4. The molecule has 4 aliphatic rings. The number of anilines is 1. The summed E-state index contributed by atoms with van der Waals surface area (Å²) in [5.41, 5.74) is 5.34. The van der Waals surface area contributed by atoms with Gasteiger partial charge in [0.05, 0.1) is 12.7 Å². The summed E-state index contributed by atoms with van der Waals surface area (Å²) in [5, 5.41) is 21.1. The molecule has 10 atom stereocenters. The van der Waals surface area contributed by atoms with Crippen molar-refractivity contribution in [3.05, 3.63) is 113 Å². The van der Waals surface area contributed by atoms with Gasteiger partial charge >= 0.3 is 0 Å². The van der Waals surface area contributed by atoms with Gasteiger partial charge in [-0.15, -0.1) is 0 Å². The van der Waals surface area contributed by atoms with Crippen LogP contribution in [0.25, 0.3) is 0 Å². The number of aliphatic hydroxyl groups excluding tert-OH is 1. The van der Waals surface area contributed by atoms with Crippen molar-refractivity contribution in [2.45, 2.75) is 162 Å². The quantitative estimate of drug-likeness (QED) is 0.0473. The van der Waals surface area contributed by atoms with Gasteiger partial charge in [0.25, 0.3) is 0 Å². The van der Waals surface area contributed by atoms with E-state index in [-0.39, 0.29) is 49.7 Å². The predicted molar refractivity (Wildman–Crippen MR) is 275 cm³/mol. The smallest absolute Gasteiger partial charge is 0.247 e. The van der Waals surface area contributed by atoms with Gasteiger partial charge in [-0.05, 0) is 133 Å². The van der Waals surface area contributed by atoms with Gasteiger partial charge < -0.3 is 31.1 Å². The van der Waals surface area contributed by atoms with Crippen LogP contribution in [0.15, 0.2) is 96.6 Å². The minimum Gasteiger partial charge on any atom is -0.392 e. The van der Waals surface area contributed by atoms with Crippen molar-refractivity contribution in [3.8, 4) is 0 Å². The Morgan fingerprint density at radius 2 is 1.38 bits per heavy atom. The highest BCUT2D eigenvalue weighted by Crippen LogP contribution is 2.67. The normalized spacial score (nSPS) is 26.3. The van der Waals surface area contributed by atoms with Gasteiger partial charge in [-0.25, -0.2) is 0 Å². The minimum atomic E-state index is -0.991. The molecule has 4 amide bonds. The molecule has 10 nitrogen and oxygen atoms in total. The van der Waals surface area contributed by atoms with E-state index in [2.05, 4.69) is 62.0 Å². The zero-order valence-electron chi connectivity index (χ0n) is 42.3. The number of allylic oxidation sites excluding steroid dienone is 1. The Hall–Kier alpha value is -4.80. The molecule has 374 valence electrons. The average Bonchev–Trinajstić information content (AvgIpc) is 3.71. The maximum Gasteiger partial charge on any atom is 0.247 e. The summed E-state index contributed by atoms with van der Waals surface area (Å²) in [6, 6.07) is 23.7. The van der Waals surface area contributed by atoms with E-state index in [1.165, 1.54) is 57.8 Å². The van der Waals surface area contributed by atoms with Crippen LogP contribution in [0.4, 0.5) is 5.69 Å². The first-order valence-corrected chi connectivity index (χ1v) is 26.5. The fourth-order valence-electron chi connectivity index (χ4n) is 13.2. The Bertz CT molecular complexity index is 2180. The zero-order chi connectivity index (χ0) is 49.0. The van der Waals surface area contributed by atoms with E-state index in [9.17, 15) is 24.3 Å². The number of hydrogen-bond acceptors (Lipinski definition) is 6. The van der Waals surface area contributed by atoms with E-state index in [1.807, 2.05) is 60.7 Å². The molecule has 0 radical (unpaired) electrons. The summed E-state index contributed by atoms with van der Waals surface area (Å²) in [6.07, 6.45) is 18.1. The Morgan fingerprint density at radius 3 is 2.04 bits per heavy atom. The lowest BCUT2D eigenvalue weighted by Crippen LogP contribution is -2.54. The van der Waals surface area contributed by atoms with Crippen LogP contribution in [0, 0.1) is 46.3 Å². The first-order valence-electron chi connectivity index (χ1n) is 26.5. The summed E-state index contributed by atoms with van der Waals surface area (Å²) in [7, 11) is 0. The van der Waals surface area contributed by atoms with Crippen LogP contribution in [-0.2, 0) is 43.4 Å². The summed E-state index contributed by atoms with van der Waals surface area (Å²) < 4.78 is 6.47. The Kier molecular flexibility index (Phi) is 18.4. The van der Waals surface area contributed by atoms with Crippen LogP contribution in [0.2, 0.25) is 0 Å². The van der Waals surface area contributed by atoms with E-state index in [0.29, 0.717) is 36.2 Å². The SMILES string of the molecule is CC(C)CCC[C@@H](C)[C@H]1CC[C@H]2[C@@H]3CC=C4C[C@@H](OCCCNC(=O)CCC(=O)N[C@@H](Cc5ccccc5)C(=O)N[C@@H](Cc5ccccc5)C(=O)Nc5ccc(CO)cc5)CC[C@]4(C)C3CC[C@]12C. The third-order valence-electron chi connectivity index (χ3n) is 17.1. The van der Waals surface area contributed by atoms with Crippen LogP contribution in [0.1, 0.15) is 141 Å². The molecule has 0 saturated heterocycles. The third-order valence-corrected chi connectivity index (χ3v) is 17.1. The van der Waals surface area contributed by atoms with E-state index in [0.717, 1.165) is 59.5 Å². The van der Waals surface area contributed by atoms with Crippen molar-refractivity contribution >= 4 is 29.3 Å². The summed E-state index contributed by atoms with van der Waals surface area (Å²) >= 11 is 0. The summed E-state index contributed by atoms with van der Waals surface area (Å²) in [5.74, 6) is 3.39. The van der Waals surface area contributed by atoms with Crippen molar-refractivity contribution < 1.29 is 29.0 Å². The molecule has 7 rings (SSSR count). The van der Waals surface area contributed by atoms with Gasteiger partial charge in [-0.2, -0.15) is 0 Å². The van der Waals surface area contributed by atoms with Crippen LogP contribution < -0.4 is 21.3 Å². The summed E-state index contributed by atoms with van der Waals surface area (Å²) in [4.78, 5) is 54.0. The molecule has 1 unspecified atom stereocenters. The highest BCUT2D eigenvalue weighted by atomic mass is 16.5. The monoisotopic (exact) mass is 943 g/mol. The molecule has 4 aliphatic carbocycles. The Balaban J connectivity index is 0.849. The lowest BCUT2D eigenvalue weighted by Gasteiger charge is -2.58. The molecule has 0 aromatic heterocycles. The van der Waals surface area contributed by atoms with Gasteiger partial charge in [-0.3, -0.25) is 19.2 Å². The number of amides is 4. The first-order chi connectivity index (χ1) is 33.2. The highest BCUT2D eigenvalue weighted by molar-refractivity contribution is 5.98. The van der Waals surface area contributed by atoms with Crippen LogP contribution in [0.5, 0.6) is 0 Å². The number of hydrogen-bond donors (Lipinski definition) is 5. The molecule has 3 aromatic carbocycles. The number of rotatable bonds is 23. The molecule has 0 bridgehead atoms. The van der Waals surface area contributed by atoms with Crippen molar-refractivity contribution in [1.82, 2.24) is 16.0 Å². The van der Waals surface area contributed by atoms with E-state index in [1.54, 1.807) is 29.8 Å². The van der Waals surface area contributed by atoms with Crippen molar-refractivity contribution in [2.75, 3.05) is 18.5 Å². The fraction of sp³-hybridized carbons (Fsp3) is 0.593. The molecule has 3 aromatic rings. The lowest BCUT2D eigenvalue weighted by atomic mass is 9.47. The average molecular weight is 943 g/mol. The first kappa shape index (κ1) is 52.0. The molecular weight excluding hydrogens is 861 g/mol. The van der Waals surface area contributed by atoms with Crippen molar-refractivity contribution in [2.24, 2.45) is 46.3 Å². The Labute approximate surface area is 413 Å². The second-order valence-electron chi connectivity index (χ2n) is 22.1. The van der Waals surface area contributed by atoms with Gasteiger partial charge in [0.1, 0.15) is 12.1 Å². The predicted octanol–water partition coefficient (Wildman–Crippen LogP) is 10.3. The van der Waals surface area contributed by atoms with Gasteiger partial charge in [0.2, 0.25) is 23.6 Å². The molecule has 0 aliphatic heterocycles. The van der Waals surface area contributed by atoms with Gasteiger partial charge in [0.15, 0.2) is 0 Å². The Morgan fingerprint density at radius 1 is 0.710 bits per heavy atom. The van der Waals surface area contributed by atoms with E-state index in [4.69, 9.17) is 4.74 Å². The zero-order valence-corrected chi connectivity index (χ0v) is 42.3. The molecule has 0 heterocycles. The molecule has 0 spiro atoms. The third kappa shape index (κ3) is 13.5. The maximum atomic E-state index is 14.0. The molecule has 3 fully saturated rings. The van der Waals surface area contributed by atoms with Crippen LogP contribution in [-0.4, -0.2) is 60.1 Å². The molecule has 5 N–H and O–H groups in total. The minimum absolute atomic E-state index is 0.0179. The second kappa shape index (κ2) is 24.4. The number of ether oxygens (including phenoxy) is 1. The van der Waals surface area contributed by atoms with E-state index >= 15 is 0 Å². The van der Waals surface area contributed by atoms with Crippen LogP contribution >= 0.6 is 0 Å². The maximum absolute atomic E-state index is 14.0. The summed E-state index contributed by atoms with van der Waals surface area (Å²) in [6.45, 7) is 13.5. The lowest BCUT2D eigenvalue weighted by molar-refractivity contribution is -0.131. The topological polar surface area (TPSA) is 146 Å². The standard InChI is InChI=1S/C59H82N4O6/c1-40(2)14-12-15-41(3)49-26-27-50-48-25-22-45-38-47(30-32-58(45,4)51(48)31-33-59(49,50)5)69-35-13-34-60-54(65)28-29-55(66)62-52(36-42-16-8-6-9-17-42)57(68)63-53(37-43-18-10-7-11-19-43)56(67)61-46-23-20-44(39-64)21-24-46/h6-11,16-24,40-41,47-53,64H,12-15,25-39H2,1-5H3,(H,60,65)(H,61,67)(H,62,66)(H,63,68)/t41-,47+,48+,49-,50+,51?,52+,53+,58+,59-/m1/s1. The number of benzene rings is 3. The molecule has 69 heavy (non-hydrogen) atoms. The van der Waals surface area contributed by atoms with Gasteiger partial charge in [-0.1, -0.05) is 138 Å². The number of nitrogens with one attached hydrogen (secondary N) is 4. The fourth-order valence-corrected chi connectivity index (χ4v) is 13.2. The second-order valence-corrected chi connectivity index (χ2v) is 22.1. The van der Waals surface area contributed by atoms with Crippen LogP contribution in [0.3, 0.4) is 0 Å². The number of aliphatic hydroxyl groups is 1. The van der Waals surface area contributed by atoms with Gasteiger partial charge in [0, 0.05) is 44.5 Å².